The van der Waals surface area contributed by atoms with Crippen LogP contribution in [0.2, 0.25) is 0 Å². The van der Waals surface area contributed by atoms with Crippen LogP contribution in [0, 0.1) is 0 Å². The quantitative estimate of drug-likeness (QED) is 0.486. The van der Waals surface area contributed by atoms with Crippen LogP contribution in [0.25, 0.3) is 0 Å². The molecule has 0 aromatic heterocycles. The van der Waals surface area contributed by atoms with Crippen LogP contribution in [0.1, 0.15) is 6.42 Å². The number of likely N-dealkylation sites (N-methyl/N-ethyl adjacent to an activating group) is 1. The average Bonchev–Trinajstić information content (AvgIpc) is 2.34. The second kappa shape index (κ2) is 2.01. The summed E-state index contributed by atoms with van der Waals surface area (Å²) in [6.07, 6.45) is 12.0. The summed E-state index contributed by atoms with van der Waals surface area (Å²) in [4.78, 5) is 2.26. The lowest BCUT2D eigenvalue weighted by molar-refractivity contribution is 0.394. The molecule has 0 saturated carbocycles. The number of fused-ring (bicyclic) bond motifs is 1. The molecule has 1 aliphatic carbocycles. The average molecular weight is 133 g/mol. The highest BCUT2D eigenvalue weighted by molar-refractivity contribution is 5.36. The number of rotatable bonds is 0. The summed E-state index contributed by atoms with van der Waals surface area (Å²) < 4.78 is 0. The summed E-state index contributed by atoms with van der Waals surface area (Å²) in [5.74, 6) is 0. The molecule has 0 amide bonds. The molecule has 2 rings (SSSR count). The van der Waals surface area contributed by atoms with E-state index in [0.717, 1.165) is 6.42 Å². The summed E-state index contributed by atoms with van der Waals surface area (Å²) in [5.41, 5.74) is 1.45. The third-order valence-corrected chi connectivity index (χ3v) is 2.16. The van der Waals surface area contributed by atoms with Crippen molar-refractivity contribution in [1.29, 1.82) is 0 Å². The summed E-state index contributed by atoms with van der Waals surface area (Å²) in [5, 5.41) is 0. The lowest BCUT2D eigenvalue weighted by Gasteiger charge is -2.22. The van der Waals surface area contributed by atoms with Crippen LogP contribution in [0.5, 0.6) is 0 Å². The molecule has 1 aliphatic heterocycles. The predicted octanol–water partition coefficient (Wildman–Crippen LogP) is 1.70. The van der Waals surface area contributed by atoms with E-state index < -0.39 is 0 Å². The van der Waals surface area contributed by atoms with Gasteiger partial charge in [0.2, 0.25) is 0 Å². The lowest BCUT2D eigenvalue weighted by Crippen LogP contribution is -2.24. The molecule has 0 N–H and O–H groups in total. The number of nitrogens with zero attached hydrogens (tertiary/aromatic N) is 1. The zero-order chi connectivity index (χ0) is 6.97. The van der Waals surface area contributed by atoms with Crippen LogP contribution in [0.4, 0.5) is 0 Å². The van der Waals surface area contributed by atoms with Crippen molar-refractivity contribution in [2.75, 3.05) is 7.05 Å². The Kier molecular flexibility index (Phi) is 1.16. The number of allylic oxidation sites excluding steroid dienone is 2. The molecular weight excluding hydrogens is 122 g/mol. The molecule has 1 unspecified atom stereocenters. The third-order valence-electron chi connectivity index (χ3n) is 2.16. The van der Waals surface area contributed by atoms with Gasteiger partial charge in [-0.25, -0.2) is 0 Å². The highest BCUT2D eigenvalue weighted by Crippen LogP contribution is 2.24. The van der Waals surface area contributed by atoms with Gasteiger partial charge in [-0.3, -0.25) is 0 Å². The van der Waals surface area contributed by atoms with Crippen molar-refractivity contribution in [3.8, 4) is 0 Å². The molecule has 0 aromatic rings. The van der Waals surface area contributed by atoms with Gasteiger partial charge in [0.15, 0.2) is 0 Å². The maximum absolute atomic E-state index is 2.26. The van der Waals surface area contributed by atoms with Gasteiger partial charge in [0.25, 0.3) is 0 Å². The van der Waals surface area contributed by atoms with Crippen molar-refractivity contribution in [1.82, 2.24) is 4.90 Å². The third kappa shape index (κ3) is 0.703. The minimum Gasteiger partial charge on any atom is -0.373 e. The summed E-state index contributed by atoms with van der Waals surface area (Å²) in [6, 6.07) is 0.630. The highest BCUT2D eigenvalue weighted by Gasteiger charge is 2.19. The van der Waals surface area contributed by atoms with Crippen LogP contribution in [-0.4, -0.2) is 18.0 Å². The van der Waals surface area contributed by atoms with E-state index in [0.29, 0.717) is 6.04 Å². The van der Waals surface area contributed by atoms with Gasteiger partial charge in [0, 0.05) is 7.05 Å². The van der Waals surface area contributed by atoms with E-state index in [1.165, 1.54) is 5.57 Å². The first-order chi connectivity index (χ1) is 4.88. The molecule has 1 heteroatoms. The molecule has 0 radical (unpaired) electrons. The van der Waals surface area contributed by atoms with Crippen LogP contribution in [0.15, 0.2) is 36.1 Å². The SMILES string of the molecule is CN1C=CC2=CC=CCC21. The van der Waals surface area contributed by atoms with E-state index in [9.17, 15) is 0 Å². The normalized spacial score (nSPS) is 28.7. The molecule has 0 fully saturated rings. The van der Waals surface area contributed by atoms with Crippen LogP contribution in [0.3, 0.4) is 0 Å². The van der Waals surface area contributed by atoms with E-state index in [-0.39, 0.29) is 0 Å². The van der Waals surface area contributed by atoms with Crippen molar-refractivity contribution in [3.05, 3.63) is 36.1 Å². The van der Waals surface area contributed by atoms with Gasteiger partial charge in [-0.2, -0.15) is 0 Å². The molecule has 10 heavy (non-hydrogen) atoms. The topological polar surface area (TPSA) is 3.24 Å². The molecule has 0 aromatic carbocycles. The Morgan fingerprint density at radius 2 is 2.50 bits per heavy atom. The van der Waals surface area contributed by atoms with E-state index >= 15 is 0 Å². The largest absolute Gasteiger partial charge is 0.373 e. The maximum Gasteiger partial charge on any atom is 0.0568 e. The Hall–Kier alpha value is -0.980. The zero-order valence-electron chi connectivity index (χ0n) is 6.12. The monoisotopic (exact) mass is 133 g/mol. The van der Waals surface area contributed by atoms with Crippen LogP contribution >= 0.6 is 0 Å². The van der Waals surface area contributed by atoms with E-state index in [4.69, 9.17) is 0 Å². The second-order valence-electron chi connectivity index (χ2n) is 2.83. The van der Waals surface area contributed by atoms with E-state index in [2.05, 4.69) is 42.5 Å². The second-order valence-corrected chi connectivity index (χ2v) is 2.83. The smallest absolute Gasteiger partial charge is 0.0568 e. The highest BCUT2D eigenvalue weighted by atomic mass is 15.1. The lowest BCUT2D eigenvalue weighted by atomic mass is 10.0. The van der Waals surface area contributed by atoms with Crippen LogP contribution in [-0.2, 0) is 0 Å². The Balaban J connectivity index is 2.30. The number of hydrogen-bond acceptors (Lipinski definition) is 1. The van der Waals surface area contributed by atoms with Gasteiger partial charge in [0.1, 0.15) is 0 Å². The Labute approximate surface area is 61.3 Å². The first-order valence-electron chi connectivity index (χ1n) is 3.65. The fourth-order valence-corrected chi connectivity index (χ4v) is 1.51. The fourth-order valence-electron chi connectivity index (χ4n) is 1.51. The van der Waals surface area contributed by atoms with E-state index in [1.807, 2.05) is 0 Å². The van der Waals surface area contributed by atoms with Gasteiger partial charge in [0.05, 0.1) is 6.04 Å². The molecule has 1 atom stereocenters. The fraction of sp³-hybridized carbons (Fsp3) is 0.333. The van der Waals surface area contributed by atoms with E-state index in [1.54, 1.807) is 0 Å². The summed E-state index contributed by atoms with van der Waals surface area (Å²) >= 11 is 0. The maximum atomic E-state index is 2.26. The van der Waals surface area contributed by atoms with Gasteiger partial charge in [-0.1, -0.05) is 18.2 Å². The molecule has 2 aliphatic rings. The van der Waals surface area contributed by atoms with Crippen LogP contribution < -0.4 is 0 Å². The molecule has 0 spiro atoms. The Morgan fingerprint density at radius 1 is 1.60 bits per heavy atom. The molecule has 0 bridgehead atoms. The first kappa shape index (κ1) is 5.78. The van der Waals surface area contributed by atoms with Crippen molar-refractivity contribution < 1.29 is 0 Å². The molecular formula is C9H11N. The minimum absolute atomic E-state index is 0.630. The summed E-state index contributed by atoms with van der Waals surface area (Å²) in [6.45, 7) is 0. The van der Waals surface area contributed by atoms with Gasteiger partial charge in [-0.15, -0.1) is 0 Å². The Bertz CT molecular complexity index is 223. The molecule has 0 saturated heterocycles. The van der Waals surface area contributed by atoms with Crippen molar-refractivity contribution >= 4 is 0 Å². The van der Waals surface area contributed by atoms with Gasteiger partial charge in [-0.05, 0) is 24.3 Å². The van der Waals surface area contributed by atoms with Gasteiger partial charge < -0.3 is 4.90 Å². The van der Waals surface area contributed by atoms with Crippen molar-refractivity contribution in [2.24, 2.45) is 0 Å². The molecule has 1 nitrogen and oxygen atoms in total. The summed E-state index contributed by atoms with van der Waals surface area (Å²) in [7, 11) is 2.13. The zero-order valence-corrected chi connectivity index (χ0v) is 6.12. The molecule has 1 heterocycles. The molecule has 52 valence electrons. The Morgan fingerprint density at radius 3 is 3.30 bits per heavy atom. The van der Waals surface area contributed by atoms with Gasteiger partial charge >= 0.3 is 0 Å². The van der Waals surface area contributed by atoms with Crippen molar-refractivity contribution in [3.63, 3.8) is 0 Å². The predicted molar refractivity (Wildman–Crippen MR) is 42.5 cm³/mol. The van der Waals surface area contributed by atoms with Crippen molar-refractivity contribution in [2.45, 2.75) is 12.5 Å². The standard InChI is InChI=1S/C9H11N/c1-10-7-6-8-4-2-3-5-9(8)10/h2-4,6-7,9H,5H2,1H3. The number of hydrogen-bond donors (Lipinski definition) is 0. The minimum atomic E-state index is 0.630. The first-order valence-corrected chi connectivity index (χ1v) is 3.65.